The van der Waals surface area contributed by atoms with Crippen LogP contribution in [0.4, 0.5) is 11.4 Å². The molecule has 1 aliphatic heterocycles. The molecule has 41 heavy (non-hydrogen) atoms. The van der Waals surface area contributed by atoms with Crippen LogP contribution in [0.15, 0.2) is 47.4 Å². The lowest BCUT2D eigenvalue weighted by atomic mass is 9.81. The fraction of sp³-hybridized carbons (Fsp3) is 0.444. The maximum Gasteiger partial charge on any atom is 0.294 e. The lowest BCUT2D eigenvalue weighted by molar-refractivity contribution is -0.438. The van der Waals surface area contributed by atoms with E-state index in [2.05, 4.69) is 0 Å². The Morgan fingerprint density at radius 3 is 2.10 bits per heavy atom. The van der Waals surface area contributed by atoms with Gasteiger partial charge in [0.2, 0.25) is 5.69 Å². The van der Waals surface area contributed by atoms with E-state index in [-0.39, 0.29) is 29.4 Å². The summed E-state index contributed by atoms with van der Waals surface area (Å²) in [5.41, 5.74) is 4.21. The molecule has 3 rings (SSSR count). The van der Waals surface area contributed by atoms with E-state index in [1.54, 1.807) is 6.07 Å². The van der Waals surface area contributed by atoms with Crippen LogP contribution >= 0.6 is 0 Å². The van der Waals surface area contributed by atoms with Crippen LogP contribution in [-0.2, 0) is 35.8 Å². The number of fused-ring (bicyclic) bond motifs is 1. The van der Waals surface area contributed by atoms with Crippen molar-refractivity contribution in [2.45, 2.75) is 50.8 Å². The molecule has 226 valence electrons. The molecular formula is C27H37N2O9S3+. The van der Waals surface area contributed by atoms with Crippen LogP contribution < -0.4 is 4.90 Å². The van der Waals surface area contributed by atoms with E-state index < -0.39 is 35.8 Å². The molecule has 0 aromatic heterocycles. The smallest absolute Gasteiger partial charge is 0.294 e. The Bertz CT molecular complexity index is 1690. The van der Waals surface area contributed by atoms with E-state index in [0.29, 0.717) is 25.1 Å². The number of unbranched alkanes of at least 4 members (excludes halogenated alkanes) is 1. The summed E-state index contributed by atoms with van der Waals surface area (Å²) in [6.07, 6.45) is 4.52. The van der Waals surface area contributed by atoms with Gasteiger partial charge in [-0.05, 0) is 75.6 Å². The van der Waals surface area contributed by atoms with Crippen molar-refractivity contribution in [3.8, 4) is 0 Å². The van der Waals surface area contributed by atoms with Gasteiger partial charge in [0.25, 0.3) is 30.4 Å². The quantitative estimate of drug-likeness (QED) is 0.169. The van der Waals surface area contributed by atoms with Crippen LogP contribution in [0.5, 0.6) is 0 Å². The van der Waals surface area contributed by atoms with E-state index in [9.17, 15) is 29.8 Å². The molecule has 1 heterocycles. The van der Waals surface area contributed by atoms with Crippen LogP contribution in [0.2, 0.25) is 0 Å². The zero-order valence-corrected chi connectivity index (χ0v) is 25.9. The summed E-state index contributed by atoms with van der Waals surface area (Å²) in [5.74, 6) is -0.747. The minimum Gasteiger partial charge on any atom is -0.371 e. The van der Waals surface area contributed by atoms with Gasteiger partial charge in [-0.1, -0.05) is 6.07 Å². The highest BCUT2D eigenvalue weighted by atomic mass is 32.2. The van der Waals surface area contributed by atoms with Gasteiger partial charge in [-0.15, -0.1) is 0 Å². The lowest BCUT2D eigenvalue weighted by Gasteiger charge is -2.23. The van der Waals surface area contributed by atoms with E-state index in [4.69, 9.17) is 9.11 Å². The van der Waals surface area contributed by atoms with Crippen LogP contribution in [-0.4, -0.2) is 80.3 Å². The number of hydrogen-bond acceptors (Lipinski definition) is 7. The molecular weight excluding hydrogens is 593 g/mol. The van der Waals surface area contributed by atoms with Gasteiger partial charge in [-0.25, -0.2) is 0 Å². The molecule has 0 fully saturated rings. The predicted molar refractivity (Wildman–Crippen MR) is 159 cm³/mol. The molecule has 0 saturated carbocycles. The third-order valence-electron chi connectivity index (χ3n) is 7.24. The molecule has 0 saturated heterocycles. The number of aryl methyl sites for hydroxylation is 1. The fourth-order valence-corrected chi connectivity index (χ4v) is 6.54. The Labute approximate surface area is 242 Å². The normalized spacial score (nSPS) is 15.5. The van der Waals surface area contributed by atoms with Gasteiger partial charge in [-0.3, -0.25) is 13.7 Å². The second kappa shape index (κ2) is 12.3. The summed E-state index contributed by atoms with van der Waals surface area (Å²) in [5, 5.41) is 0. The largest absolute Gasteiger partial charge is 0.371 e. The number of allylic oxidation sites excluding steroid dienone is 1. The molecule has 0 amide bonds. The summed E-state index contributed by atoms with van der Waals surface area (Å²) >= 11 is 0. The third-order valence-corrected chi connectivity index (χ3v) is 9.59. The first kappa shape index (κ1) is 32.9. The summed E-state index contributed by atoms with van der Waals surface area (Å²) in [4.78, 5) is 1.63. The second-order valence-corrected chi connectivity index (χ2v) is 15.1. The van der Waals surface area contributed by atoms with Crippen molar-refractivity contribution in [2.24, 2.45) is 0 Å². The highest BCUT2D eigenvalue weighted by molar-refractivity contribution is 7.86. The Balaban J connectivity index is 1.98. The van der Waals surface area contributed by atoms with E-state index in [1.807, 2.05) is 67.5 Å². The number of hydrogen-bond donors (Lipinski definition) is 3. The number of nitrogens with zero attached hydrogens (tertiary/aromatic N) is 2. The van der Waals surface area contributed by atoms with Gasteiger partial charge in [-0.2, -0.15) is 29.8 Å². The molecule has 14 heteroatoms. The van der Waals surface area contributed by atoms with Crippen LogP contribution in [0.3, 0.4) is 0 Å². The molecule has 0 atom stereocenters. The Morgan fingerprint density at radius 2 is 1.54 bits per heavy atom. The molecule has 0 aliphatic carbocycles. The lowest BCUT2D eigenvalue weighted by Crippen LogP contribution is -2.29. The van der Waals surface area contributed by atoms with Crippen molar-refractivity contribution in [1.82, 2.24) is 0 Å². The SMILES string of the molecule is CCN(CCS(=O)(=O)O)c1ccc(/C=C\C2=[N+](CCCCS(=O)(=O)O)c3ccc(S(=O)(=O)O)cc3C2(C)C)c(C)c1. The zero-order chi connectivity index (χ0) is 30.8. The standard InChI is InChI=1S/C27H36N2O9S3/c1-5-28(15-17-40(33,34)35)22-10-8-21(20(2)18-22)9-13-26-27(3,4)24-19-23(41(36,37)38)11-12-25(24)29(26)14-6-7-16-39(30,31)32/h8-13,18-19H,5-7,14-17H2,1-4H3,(H2-,30,31,32,33,34,35,36,37,38)/p+1. The maximum atomic E-state index is 11.8. The highest BCUT2D eigenvalue weighted by Crippen LogP contribution is 2.41. The summed E-state index contributed by atoms with van der Waals surface area (Å²) in [6.45, 7) is 8.78. The average molecular weight is 630 g/mol. The van der Waals surface area contributed by atoms with Gasteiger partial charge >= 0.3 is 0 Å². The van der Waals surface area contributed by atoms with Crippen LogP contribution in [0.25, 0.3) is 6.08 Å². The number of anilines is 1. The van der Waals surface area contributed by atoms with Crippen molar-refractivity contribution in [3.63, 3.8) is 0 Å². The molecule has 0 bridgehead atoms. The van der Waals surface area contributed by atoms with Crippen molar-refractivity contribution in [1.29, 1.82) is 0 Å². The summed E-state index contributed by atoms with van der Waals surface area (Å²) in [7, 11) is -12.6. The molecule has 0 radical (unpaired) electrons. The van der Waals surface area contributed by atoms with Crippen molar-refractivity contribution in [2.75, 3.05) is 36.0 Å². The molecule has 2 aromatic carbocycles. The monoisotopic (exact) mass is 629 g/mol. The first-order valence-corrected chi connectivity index (χ1v) is 17.7. The molecule has 2 aromatic rings. The van der Waals surface area contributed by atoms with Crippen molar-refractivity contribution < 1.29 is 43.5 Å². The Kier molecular flexibility index (Phi) is 9.88. The van der Waals surface area contributed by atoms with Crippen LogP contribution in [0, 0.1) is 6.92 Å². The average Bonchev–Trinajstić information content (AvgIpc) is 3.05. The highest BCUT2D eigenvalue weighted by Gasteiger charge is 2.44. The van der Waals surface area contributed by atoms with E-state index in [1.165, 1.54) is 12.1 Å². The molecule has 11 nitrogen and oxygen atoms in total. The minimum atomic E-state index is -4.43. The second-order valence-electron chi connectivity index (χ2n) is 10.5. The van der Waals surface area contributed by atoms with Gasteiger partial charge in [0.05, 0.1) is 21.8 Å². The molecule has 0 unspecified atom stereocenters. The van der Waals surface area contributed by atoms with Gasteiger partial charge < -0.3 is 4.90 Å². The predicted octanol–water partition coefficient (Wildman–Crippen LogP) is 3.71. The number of benzene rings is 2. The van der Waals surface area contributed by atoms with Crippen LogP contribution in [0.1, 0.15) is 50.3 Å². The molecule has 0 spiro atoms. The summed E-state index contributed by atoms with van der Waals surface area (Å²) < 4.78 is 98.3. The summed E-state index contributed by atoms with van der Waals surface area (Å²) in [6, 6.07) is 10.1. The van der Waals surface area contributed by atoms with Gasteiger partial charge in [0.1, 0.15) is 6.54 Å². The topological polar surface area (TPSA) is 169 Å². The maximum absolute atomic E-state index is 11.8. The Morgan fingerprint density at radius 1 is 0.878 bits per heavy atom. The van der Waals surface area contributed by atoms with E-state index >= 15 is 0 Å². The first-order chi connectivity index (χ1) is 18.8. The van der Waals surface area contributed by atoms with Gasteiger partial charge in [0.15, 0.2) is 5.71 Å². The van der Waals surface area contributed by atoms with Gasteiger partial charge in [0, 0.05) is 42.9 Å². The van der Waals surface area contributed by atoms with Crippen molar-refractivity contribution >= 4 is 53.5 Å². The Hall–Kier alpha value is -2.62. The fourth-order valence-electron chi connectivity index (χ4n) is 5.02. The zero-order valence-electron chi connectivity index (χ0n) is 23.5. The first-order valence-electron chi connectivity index (χ1n) is 13.0. The third kappa shape index (κ3) is 8.46. The van der Waals surface area contributed by atoms with Crippen molar-refractivity contribution in [3.05, 3.63) is 59.2 Å². The molecule has 1 aliphatic rings. The number of rotatable bonds is 13. The molecule has 3 N–H and O–H groups in total. The minimum absolute atomic E-state index is 0.145. The van der Waals surface area contributed by atoms with E-state index in [0.717, 1.165) is 28.2 Å².